The highest BCUT2D eigenvalue weighted by molar-refractivity contribution is 6.34. The first-order valence-electron chi connectivity index (χ1n) is 4.70. The molecule has 0 saturated heterocycles. The third-order valence-corrected chi connectivity index (χ3v) is 3.02. The first-order valence-corrected chi connectivity index (χ1v) is 5.64. The lowest BCUT2D eigenvalue weighted by Gasteiger charge is -2.11. The largest absolute Gasteiger partial charge is 0.118 e. The van der Waals surface area contributed by atoms with Gasteiger partial charge in [0, 0.05) is 0 Å². The number of benzene rings is 1. The average molecular weight is 210 g/mol. The maximum atomic E-state index is 6.26. The predicted octanol–water partition coefficient (Wildman–Crippen LogP) is 2.95. The zero-order valence-electron chi connectivity index (χ0n) is 7.89. The van der Waals surface area contributed by atoms with Crippen molar-refractivity contribution in [1.82, 2.24) is 0 Å². The maximum absolute atomic E-state index is 6.26. The minimum atomic E-state index is 0.147. The van der Waals surface area contributed by atoms with Crippen LogP contribution < -0.4 is 5.19 Å². The highest BCUT2D eigenvalue weighted by Crippen LogP contribution is 2.24. The molecule has 0 amide bonds. The van der Waals surface area contributed by atoms with Gasteiger partial charge < -0.3 is 0 Å². The molecule has 0 aliphatic heterocycles. The molecule has 0 fully saturated rings. The van der Waals surface area contributed by atoms with E-state index in [1.54, 1.807) is 0 Å². The van der Waals surface area contributed by atoms with Crippen molar-refractivity contribution in [2.24, 2.45) is 0 Å². The van der Waals surface area contributed by atoms with Gasteiger partial charge in [0.15, 0.2) is 0 Å². The van der Waals surface area contributed by atoms with Crippen molar-refractivity contribution >= 4 is 27.0 Å². The molecule has 0 aliphatic carbocycles. The molecule has 0 aliphatic rings. The lowest BCUT2D eigenvalue weighted by molar-refractivity contribution is 0.702. The second-order valence-electron chi connectivity index (χ2n) is 3.20. The van der Waals surface area contributed by atoms with Crippen LogP contribution in [0.3, 0.4) is 0 Å². The van der Waals surface area contributed by atoms with E-state index >= 15 is 0 Å². The van der Waals surface area contributed by atoms with Crippen LogP contribution in [0.5, 0.6) is 0 Å². The lowest BCUT2D eigenvalue weighted by atomic mass is 10.1. The maximum Gasteiger partial charge on any atom is 0.0716 e. The monoisotopic (exact) mass is 209 g/mol. The van der Waals surface area contributed by atoms with Crippen LogP contribution in [-0.2, 0) is 0 Å². The average Bonchev–Trinajstić information content (AvgIpc) is 2.15. The van der Waals surface area contributed by atoms with Gasteiger partial charge in [-0.2, -0.15) is 0 Å². The number of rotatable bonds is 4. The molecule has 1 aromatic carbocycles. The number of alkyl halides is 1. The highest BCUT2D eigenvalue weighted by atomic mass is 35.5. The molecule has 13 heavy (non-hydrogen) atoms. The van der Waals surface area contributed by atoms with Gasteiger partial charge in [-0.3, -0.25) is 0 Å². The Bertz CT molecular complexity index is 260. The molecule has 0 aromatic heterocycles. The number of hydrogen-bond acceptors (Lipinski definition) is 0. The Labute approximate surface area is 88.7 Å². The van der Waals surface area contributed by atoms with E-state index in [1.807, 2.05) is 18.2 Å². The van der Waals surface area contributed by atoms with E-state index in [-0.39, 0.29) is 5.38 Å². The van der Waals surface area contributed by atoms with Gasteiger partial charge in [0.1, 0.15) is 0 Å². The van der Waals surface area contributed by atoms with Gasteiger partial charge in [0.05, 0.1) is 15.6 Å². The third-order valence-electron chi connectivity index (χ3n) is 2.11. The normalized spacial score (nSPS) is 12.8. The van der Waals surface area contributed by atoms with Gasteiger partial charge in [0.25, 0.3) is 0 Å². The fraction of sp³-hybridized carbons (Fsp3) is 0.455. The molecule has 0 saturated carbocycles. The Morgan fingerprint density at radius 1 is 1.38 bits per heavy atom. The first kappa shape index (κ1) is 10.8. The van der Waals surface area contributed by atoms with Crippen molar-refractivity contribution in [3.63, 3.8) is 0 Å². The summed E-state index contributed by atoms with van der Waals surface area (Å²) in [5.74, 6) is 0. The minimum absolute atomic E-state index is 0.147. The van der Waals surface area contributed by atoms with Crippen molar-refractivity contribution in [2.75, 3.05) is 0 Å². The number of halogens is 1. The topological polar surface area (TPSA) is 0 Å². The molecule has 1 unspecified atom stereocenters. The summed E-state index contributed by atoms with van der Waals surface area (Å²) in [7, 11) is 3.56. The van der Waals surface area contributed by atoms with E-state index in [0.29, 0.717) is 0 Å². The fourth-order valence-corrected chi connectivity index (χ4v) is 2.10. The molecular formula is C11H14ClSi. The molecule has 0 bridgehead atoms. The number of hydrogen-bond donors (Lipinski definition) is 0. The van der Waals surface area contributed by atoms with E-state index in [2.05, 4.69) is 23.2 Å². The lowest BCUT2D eigenvalue weighted by Crippen LogP contribution is -2.11. The molecule has 0 N–H and O–H groups in total. The predicted molar refractivity (Wildman–Crippen MR) is 59.9 cm³/mol. The van der Waals surface area contributed by atoms with Crippen LogP contribution in [0.4, 0.5) is 0 Å². The van der Waals surface area contributed by atoms with Gasteiger partial charge in [-0.05, 0) is 12.0 Å². The zero-order chi connectivity index (χ0) is 9.68. The highest BCUT2D eigenvalue weighted by Gasteiger charge is 2.08. The SMILES string of the molecule is CCCCC(Cl)c1ccccc1[Si]. The minimum Gasteiger partial charge on any atom is -0.118 e. The molecule has 3 radical (unpaired) electrons. The van der Waals surface area contributed by atoms with Crippen molar-refractivity contribution in [3.8, 4) is 0 Å². The fourth-order valence-electron chi connectivity index (χ4n) is 1.31. The summed E-state index contributed by atoms with van der Waals surface area (Å²) in [5.41, 5.74) is 1.20. The Morgan fingerprint density at radius 2 is 2.08 bits per heavy atom. The third kappa shape index (κ3) is 3.16. The smallest absolute Gasteiger partial charge is 0.0716 e. The summed E-state index contributed by atoms with van der Waals surface area (Å²) in [5, 5.41) is 1.26. The van der Waals surface area contributed by atoms with Crippen LogP contribution >= 0.6 is 11.6 Å². The summed E-state index contributed by atoms with van der Waals surface area (Å²) in [4.78, 5) is 0. The van der Waals surface area contributed by atoms with Crippen molar-refractivity contribution in [3.05, 3.63) is 29.8 Å². The molecular weight excluding hydrogens is 196 g/mol. The molecule has 2 heteroatoms. The van der Waals surface area contributed by atoms with Crippen LogP contribution in [-0.4, -0.2) is 10.2 Å². The van der Waals surface area contributed by atoms with Crippen LogP contribution in [0.2, 0.25) is 0 Å². The van der Waals surface area contributed by atoms with Crippen molar-refractivity contribution in [1.29, 1.82) is 0 Å². The van der Waals surface area contributed by atoms with Crippen molar-refractivity contribution < 1.29 is 0 Å². The Balaban J connectivity index is 2.65. The van der Waals surface area contributed by atoms with E-state index in [0.717, 1.165) is 11.6 Å². The Morgan fingerprint density at radius 3 is 2.69 bits per heavy atom. The van der Waals surface area contributed by atoms with E-state index in [9.17, 15) is 0 Å². The molecule has 1 aromatic rings. The number of unbranched alkanes of at least 4 members (excludes halogenated alkanes) is 1. The van der Waals surface area contributed by atoms with E-state index in [1.165, 1.54) is 18.4 Å². The second kappa shape index (κ2) is 5.46. The molecule has 0 spiro atoms. The van der Waals surface area contributed by atoms with Gasteiger partial charge in [-0.15, -0.1) is 11.6 Å². The summed E-state index contributed by atoms with van der Waals surface area (Å²) in [6.45, 7) is 2.18. The standard InChI is InChI=1S/C11H14ClSi/c1-2-3-7-10(12)9-6-4-5-8-11(9)13/h4-6,8,10H,2-3,7H2,1H3. The summed E-state index contributed by atoms with van der Waals surface area (Å²) in [6, 6.07) is 8.15. The van der Waals surface area contributed by atoms with Crippen LogP contribution in [0.15, 0.2) is 24.3 Å². The zero-order valence-corrected chi connectivity index (χ0v) is 9.64. The summed E-state index contributed by atoms with van der Waals surface area (Å²) in [6.07, 6.45) is 3.45. The van der Waals surface area contributed by atoms with Crippen molar-refractivity contribution in [2.45, 2.75) is 31.6 Å². The summed E-state index contributed by atoms with van der Waals surface area (Å²) >= 11 is 6.26. The first-order chi connectivity index (χ1) is 6.25. The van der Waals surface area contributed by atoms with E-state index in [4.69, 9.17) is 11.6 Å². The molecule has 0 heterocycles. The van der Waals surface area contributed by atoms with E-state index < -0.39 is 0 Å². The van der Waals surface area contributed by atoms with Gasteiger partial charge in [-0.25, -0.2) is 0 Å². The molecule has 1 atom stereocenters. The Kier molecular flexibility index (Phi) is 4.53. The molecule has 1 rings (SSSR count). The quantitative estimate of drug-likeness (QED) is 0.529. The second-order valence-corrected chi connectivity index (χ2v) is 4.26. The molecule has 69 valence electrons. The van der Waals surface area contributed by atoms with Crippen LogP contribution in [0.25, 0.3) is 0 Å². The van der Waals surface area contributed by atoms with Gasteiger partial charge >= 0.3 is 0 Å². The summed E-state index contributed by atoms with van der Waals surface area (Å²) < 4.78 is 0. The van der Waals surface area contributed by atoms with Gasteiger partial charge in [-0.1, -0.05) is 49.2 Å². The Hall–Kier alpha value is -0.273. The molecule has 0 nitrogen and oxygen atoms in total. The van der Waals surface area contributed by atoms with Gasteiger partial charge in [0.2, 0.25) is 0 Å². The van der Waals surface area contributed by atoms with Crippen LogP contribution in [0.1, 0.15) is 37.1 Å². The van der Waals surface area contributed by atoms with Crippen LogP contribution in [0, 0.1) is 0 Å².